The van der Waals surface area contributed by atoms with Gasteiger partial charge in [-0.15, -0.1) is 0 Å². The highest BCUT2D eigenvalue weighted by atomic mass is 35.5. The van der Waals surface area contributed by atoms with E-state index in [0.717, 1.165) is 9.92 Å². The van der Waals surface area contributed by atoms with Crippen molar-refractivity contribution in [1.82, 2.24) is 9.97 Å². The van der Waals surface area contributed by atoms with E-state index in [-0.39, 0.29) is 0 Å². The fourth-order valence-corrected chi connectivity index (χ4v) is 2.40. The van der Waals surface area contributed by atoms with Crippen LogP contribution in [0.5, 0.6) is 0 Å². The number of halogens is 1. The molecular weight excluding hydrogens is 282 g/mol. The Labute approximate surface area is 121 Å². The van der Waals surface area contributed by atoms with Crippen LogP contribution < -0.4 is 5.73 Å². The zero-order valence-electron chi connectivity index (χ0n) is 10.5. The lowest BCUT2D eigenvalue weighted by atomic mass is 10.4. The Morgan fingerprint density at radius 2 is 2.00 bits per heavy atom. The number of hydrogen-bond donors (Lipinski definition) is 1. The van der Waals surface area contributed by atoms with Gasteiger partial charge in [0.2, 0.25) is 0 Å². The first kappa shape index (κ1) is 14.1. The maximum Gasteiger partial charge on any atom is 0.157 e. The first-order chi connectivity index (χ1) is 9.17. The van der Waals surface area contributed by atoms with Gasteiger partial charge in [-0.2, -0.15) is 0 Å². The third-order valence-corrected chi connectivity index (χ3v) is 3.42. The lowest BCUT2D eigenvalue weighted by molar-refractivity contribution is 0.128. The average molecular weight is 296 g/mol. The summed E-state index contributed by atoms with van der Waals surface area (Å²) in [5.41, 5.74) is 5.77. The summed E-state index contributed by atoms with van der Waals surface area (Å²) >= 11 is 7.36. The van der Waals surface area contributed by atoms with E-state index in [1.165, 1.54) is 11.8 Å². The molecule has 19 heavy (non-hydrogen) atoms. The van der Waals surface area contributed by atoms with E-state index in [0.29, 0.717) is 29.9 Å². The first-order valence-corrected chi connectivity index (χ1v) is 7.01. The van der Waals surface area contributed by atoms with Crippen LogP contribution in [0.2, 0.25) is 5.02 Å². The third kappa shape index (κ3) is 4.38. The largest absolute Gasteiger partial charge is 0.384 e. The van der Waals surface area contributed by atoms with Gasteiger partial charge in [-0.1, -0.05) is 23.4 Å². The van der Waals surface area contributed by atoms with Crippen molar-refractivity contribution in [2.24, 2.45) is 0 Å². The van der Waals surface area contributed by atoms with Crippen molar-refractivity contribution in [2.45, 2.75) is 23.5 Å². The van der Waals surface area contributed by atoms with Crippen molar-refractivity contribution >= 4 is 29.2 Å². The Kier molecular flexibility index (Phi) is 5.01. The molecule has 2 N–H and O–H groups in total. The van der Waals surface area contributed by atoms with Gasteiger partial charge in [-0.3, -0.25) is 0 Å². The summed E-state index contributed by atoms with van der Waals surface area (Å²) in [6.45, 7) is 2.92. The van der Waals surface area contributed by atoms with Crippen molar-refractivity contribution < 1.29 is 4.74 Å². The van der Waals surface area contributed by atoms with Gasteiger partial charge in [-0.05, 0) is 31.2 Å². The molecule has 2 rings (SSSR count). The second kappa shape index (κ2) is 6.75. The molecule has 100 valence electrons. The molecule has 0 spiro atoms. The predicted octanol–water partition coefficient (Wildman–Crippen LogP) is 3.40. The topological polar surface area (TPSA) is 61.0 Å². The number of nitrogens with zero attached hydrogens (tertiary/aromatic N) is 2. The second-order valence-electron chi connectivity index (χ2n) is 3.74. The van der Waals surface area contributed by atoms with E-state index in [4.69, 9.17) is 22.1 Å². The lowest BCUT2D eigenvalue weighted by Crippen LogP contribution is -2.03. The number of anilines is 1. The summed E-state index contributed by atoms with van der Waals surface area (Å²) in [5.74, 6) is 1.04. The van der Waals surface area contributed by atoms with Crippen LogP contribution in [0, 0.1) is 0 Å². The summed E-state index contributed by atoms with van der Waals surface area (Å²) in [4.78, 5) is 9.58. The summed E-state index contributed by atoms with van der Waals surface area (Å²) in [6.07, 6.45) is 0. The number of nitrogen functional groups attached to an aromatic ring is 1. The zero-order valence-corrected chi connectivity index (χ0v) is 12.0. The Balaban J connectivity index is 2.15. The number of benzene rings is 1. The van der Waals surface area contributed by atoms with Crippen LogP contribution in [0.25, 0.3) is 0 Å². The number of ether oxygens (including phenoxy) is 1. The van der Waals surface area contributed by atoms with Crippen molar-refractivity contribution in [1.29, 1.82) is 0 Å². The van der Waals surface area contributed by atoms with Crippen molar-refractivity contribution in [3.05, 3.63) is 41.2 Å². The average Bonchev–Trinajstić information content (AvgIpc) is 2.38. The first-order valence-electron chi connectivity index (χ1n) is 5.82. The van der Waals surface area contributed by atoms with Crippen LogP contribution in [-0.4, -0.2) is 16.6 Å². The molecule has 6 heteroatoms. The van der Waals surface area contributed by atoms with Crippen LogP contribution in [0.4, 0.5) is 5.82 Å². The summed E-state index contributed by atoms with van der Waals surface area (Å²) < 4.78 is 5.29. The maximum absolute atomic E-state index is 5.85. The molecule has 0 bridgehead atoms. The second-order valence-corrected chi connectivity index (χ2v) is 5.27. The van der Waals surface area contributed by atoms with E-state index in [1.807, 2.05) is 31.2 Å². The zero-order chi connectivity index (χ0) is 13.7. The molecule has 0 saturated heterocycles. The molecule has 1 aromatic carbocycles. The van der Waals surface area contributed by atoms with Crippen LogP contribution in [0.3, 0.4) is 0 Å². The van der Waals surface area contributed by atoms with Gasteiger partial charge in [-0.25, -0.2) is 9.97 Å². The smallest absolute Gasteiger partial charge is 0.157 e. The Morgan fingerprint density at radius 3 is 2.68 bits per heavy atom. The molecule has 0 unspecified atom stereocenters. The number of aromatic nitrogens is 2. The highest BCUT2D eigenvalue weighted by Crippen LogP contribution is 2.27. The monoisotopic (exact) mass is 295 g/mol. The van der Waals surface area contributed by atoms with E-state index in [2.05, 4.69) is 9.97 Å². The van der Waals surface area contributed by atoms with Crippen molar-refractivity contribution in [3.63, 3.8) is 0 Å². The van der Waals surface area contributed by atoms with Gasteiger partial charge in [0.25, 0.3) is 0 Å². The molecule has 0 amide bonds. The SMILES string of the molecule is CCOCc1nc(N)cc(Sc2ccc(Cl)cc2)n1. The number of nitrogens with two attached hydrogens (primary N) is 1. The molecule has 0 aliphatic rings. The highest BCUT2D eigenvalue weighted by molar-refractivity contribution is 7.99. The summed E-state index contributed by atoms with van der Waals surface area (Å²) in [7, 11) is 0. The third-order valence-electron chi connectivity index (χ3n) is 2.24. The fraction of sp³-hybridized carbons (Fsp3) is 0.231. The number of hydrogen-bond acceptors (Lipinski definition) is 5. The van der Waals surface area contributed by atoms with Crippen LogP contribution in [0.15, 0.2) is 40.3 Å². The fourth-order valence-electron chi connectivity index (χ4n) is 1.43. The standard InChI is InChI=1S/C13H14ClN3OS/c1-2-18-8-12-16-11(15)7-13(17-12)19-10-5-3-9(14)4-6-10/h3-7H,2,8H2,1H3,(H2,15,16,17). The van der Waals surface area contributed by atoms with Gasteiger partial charge in [0.05, 0.1) is 0 Å². The van der Waals surface area contributed by atoms with Gasteiger partial charge in [0, 0.05) is 22.6 Å². The molecule has 0 saturated carbocycles. The van der Waals surface area contributed by atoms with Crippen molar-refractivity contribution in [3.8, 4) is 0 Å². The Morgan fingerprint density at radius 1 is 1.26 bits per heavy atom. The molecule has 0 radical (unpaired) electrons. The Hall–Kier alpha value is -1.30. The lowest BCUT2D eigenvalue weighted by Gasteiger charge is -2.06. The minimum atomic E-state index is 0.371. The van der Waals surface area contributed by atoms with Gasteiger partial charge in [0.1, 0.15) is 17.5 Å². The molecule has 0 aliphatic heterocycles. The van der Waals surface area contributed by atoms with Gasteiger partial charge < -0.3 is 10.5 Å². The van der Waals surface area contributed by atoms with E-state index < -0.39 is 0 Å². The van der Waals surface area contributed by atoms with Crippen LogP contribution in [-0.2, 0) is 11.3 Å². The minimum absolute atomic E-state index is 0.371. The maximum atomic E-state index is 5.85. The van der Waals surface area contributed by atoms with Gasteiger partial charge >= 0.3 is 0 Å². The minimum Gasteiger partial charge on any atom is -0.384 e. The molecule has 0 fully saturated rings. The molecule has 1 heterocycles. The van der Waals surface area contributed by atoms with E-state index in [1.54, 1.807) is 6.07 Å². The van der Waals surface area contributed by atoms with E-state index >= 15 is 0 Å². The Bertz CT molecular complexity index is 548. The molecule has 1 aromatic heterocycles. The molecule has 0 aliphatic carbocycles. The van der Waals surface area contributed by atoms with Crippen LogP contribution in [0.1, 0.15) is 12.7 Å². The molecular formula is C13H14ClN3OS. The summed E-state index contributed by atoms with van der Waals surface area (Å²) in [5, 5.41) is 1.51. The molecule has 2 aromatic rings. The molecule has 4 nitrogen and oxygen atoms in total. The van der Waals surface area contributed by atoms with Crippen molar-refractivity contribution in [2.75, 3.05) is 12.3 Å². The number of rotatable bonds is 5. The predicted molar refractivity (Wildman–Crippen MR) is 77.3 cm³/mol. The van der Waals surface area contributed by atoms with Gasteiger partial charge in [0.15, 0.2) is 5.82 Å². The normalized spacial score (nSPS) is 10.6. The quantitative estimate of drug-likeness (QED) is 0.857. The summed E-state index contributed by atoms with van der Waals surface area (Å²) in [6, 6.07) is 9.31. The van der Waals surface area contributed by atoms with E-state index in [9.17, 15) is 0 Å². The highest BCUT2D eigenvalue weighted by Gasteiger charge is 2.05. The van der Waals surface area contributed by atoms with Crippen LogP contribution >= 0.6 is 23.4 Å². The molecule has 0 atom stereocenters.